The van der Waals surface area contributed by atoms with E-state index in [0.717, 1.165) is 19.4 Å². The first kappa shape index (κ1) is 17.9. The second-order valence-electron chi connectivity index (χ2n) is 6.96. The number of carbonyl (C=O) groups excluding carboxylic acids is 1. The molecule has 3 N–H and O–H groups in total. The number of aromatic nitrogens is 1. The van der Waals surface area contributed by atoms with Gasteiger partial charge in [-0.2, -0.15) is 0 Å². The minimum Gasteiger partial charge on any atom is -0.335 e. The van der Waals surface area contributed by atoms with Crippen LogP contribution in [0.1, 0.15) is 39.5 Å². The highest BCUT2D eigenvalue weighted by molar-refractivity contribution is 7.90. The molecule has 8 nitrogen and oxygen atoms in total. The molecule has 2 fully saturated rings. The van der Waals surface area contributed by atoms with E-state index in [1.165, 1.54) is 25.2 Å². The molecule has 1 saturated heterocycles. The zero-order chi connectivity index (χ0) is 18.0. The smallest absolute Gasteiger partial charge is 0.328 e. The maximum atomic E-state index is 12.6. The van der Waals surface area contributed by atoms with E-state index in [0.29, 0.717) is 17.6 Å². The minimum atomic E-state index is -4.01. The molecule has 2 heterocycles. The van der Waals surface area contributed by atoms with Crippen molar-refractivity contribution in [1.29, 1.82) is 0 Å². The topological polar surface area (TPSA) is 103 Å². The molecule has 1 aliphatic heterocycles. The Bertz CT molecular complexity index is 737. The molecule has 0 aromatic carbocycles. The molecule has 0 bridgehead atoms. The minimum absolute atomic E-state index is 0.0321. The summed E-state index contributed by atoms with van der Waals surface area (Å²) in [5, 5.41) is 4.64. The molecule has 9 heteroatoms. The third kappa shape index (κ3) is 4.04. The Morgan fingerprint density at radius 1 is 1.32 bits per heavy atom. The van der Waals surface area contributed by atoms with Gasteiger partial charge in [0.15, 0.2) is 0 Å². The quantitative estimate of drug-likeness (QED) is 0.732. The molecule has 1 aromatic rings. The van der Waals surface area contributed by atoms with Gasteiger partial charge in [0.1, 0.15) is 4.90 Å². The Hall–Kier alpha value is -1.87. The summed E-state index contributed by atoms with van der Waals surface area (Å²) < 4.78 is 27.2. The lowest BCUT2D eigenvalue weighted by Gasteiger charge is -2.26. The SMILES string of the molecule is CC(C)NC(=O)NS(=O)(=O)c1cnccc1NN1CCC2CCCC21. The van der Waals surface area contributed by atoms with Crippen molar-refractivity contribution in [2.75, 3.05) is 12.0 Å². The zero-order valence-electron chi connectivity index (χ0n) is 14.5. The number of hydrogen-bond donors (Lipinski definition) is 3. The van der Waals surface area contributed by atoms with E-state index in [4.69, 9.17) is 0 Å². The zero-order valence-corrected chi connectivity index (χ0v) is 15.3. The summed E-state index contributed by atoms with van der Waals surface area (Å²) in [5.74, 6) is 0.685. The van der Waals surface area contributed by atoms with E-state index < -0.39 is 16.1 Å². The van der Waals surface area contributed by atoms with Crippen LogP contribution in [0.5, 0.6) is 0 Å². The standard InChI is InChI=1S/C16H25N5O3S/c1-11(2)18-16(22)20-25(23,24)15-10-17-8-6-13(15)19-21-9-7-12-4-3-5-14(12)21/h6,8,10-12,14H,3-5,7,9H2,1-2H3,(H,17,19)(H2,18,20,22). The summed E-state index contributed by atoms with van der Waals surface area (Å²) in [4.78, 5) is 15.7. The van der Waals surface area contributed by atoms with Crippen LogP contribution >= 0.6 is 0 Å². The molecule has 2 atom stereocenters. The molecule has 0 spiro atoms. The number of hydrogen-bond acceptors (Lipinski definition) is 6. The van der Waals surface area contributed by atoms with Crippen molar-refractivity contribution < 1.29 is 13.2 Å². The van der Waals surface area contributed by atoms with Crippen LogP contribution in [-0.2, 0) is 10.0 Å². The van der Waals surface area contributed by atoms with Gasteiger partial charge in [0.25, 0.3) is 10.0 Å². The van der Waals surface area contributed by atoms with Gasteiger partial charge in [-0.15, -0.1) is 0 Å². The third-order valence-corrected chi connectivity index (χ3v) is 6.10. The normalized spacial score (nSPS) is 23.5. The van der Waals surface area contributed by atoms with Gasteiger partial charge in [-0.3, -0.25) is 4.98 Å². The first-order valence-electron chi connectivity index (χ1n) is 8.67. The van der Waals surface area contributed by atoms with Crippen LogP contribution in [0.3, 0.4) is 0 Å². The number of carbonyl (C=O) groups is 1. The largest absolute Gasteiger partial charge is 0.335 e. The van der Waals surface area contributed by atoms with Crippen molar-refractivity contribution >= 4 is 21.7 Å². The van der Waals surface area contributed by atoms with Gasteiger partial charge >= 0.3 is 6.03 Å². The van der Waals surface area contributed by atoms with E-state index in [1.54, 1.807) is 19.9 Å². The van der Waals surface area contributed by atoms with Gasteiger partial charge in [0.05, 0.1) is 5.69 Å². The highest BCUT2D eigenvalue weighted by Gasteiger charge is 2.38. The van der Waals surface area contributed by atoms with E-state index in [9.17, 15) is 13.2 Å². The Morgan fingerprint density at radius 2 is 2.12 bits per heavy atom. The fraction of sp³-hybridized carbons (Fsp3) is 0.625. The molecule has 1 aliphatic carbocycles. The number of fused-ring (bicyclic) bond motifs is 1. The molecule has 2 unspecified atom stereocenters. The molecule has 0 radical (unpaired) electrons. The Morgan fingerprint density at radius 3 is 2.88 bits per heavy atom. The Balaban J connectivity index is 1.77. The first-order chi connectivity index (χ1) is 11.9. The van der Waals surface area contributed by atoms with Gasteiger partial charge in [-0.25, -0.2) is 22.9 Å². The van der Waals surface area contributed by atoms with Crippen molar-refractivity contribution in [2.24, 2.45) is 5.92 Å². The maximum Gasteiger partial charge on any atom is 0.328 e. The molecule has 138 valence electrons. The number of sulfonamides is 1. The summed E-state index contributed by atoms with van der Waals surface area (Å²) >= 11 is 0. The molecule has 2 amide bonds. The van der Waals surface area contributed by atoms with Crippen molar-refractivity contribution in [1.82, 2.24) is 20.0 Å². The van der Waals surface area contributed by atoms with E-state index in [-0.39, 0.29) is 10.9 Å². The van der Waals surface area contributed by atoms with Crippen LogP contribution in [0, 0.1) is 5.92 Å². The van der Waals surface area contributed by atoms with Crippen molar-refractivity contribution in [2.45, 2.75) is 56.5 Å². The van der Waals surface area contributed by atoms with Gasteiger partial charge < -0.3 is 10.7 Å². The lowest BCUT2D eigenvalue weighted by atomic mass is 10.1. The third-order valence-electron chi connectivity index (χ3n) is 4.75. The molecular weight excluding hydrogens is 342 g/mol. The monoisotopic (exact) mass is 367 g/mol. The van der Waals surface area contributed by atoms with Crippen molar-refractivity contribution in [3.8, 4) is 0 Å². The summed E-state index contributed by atoms with van der Waals surface area (Å²) in [6.07, 6.45) is 7.50. The Labute approximate surface area is 148 Å². The number of rotatable bonds is 5. The average molecular weight is 367 g/mol. The van der Waals surface area contributed by atoms with Gasteiger partial charge in [-0.05, 0) is 45.1 Å². The highest BCUT2D eigenvalue weighted by Crippen LogP contribution is 2.38. The fourth-order valence-electron chi connectivity index (χ4n) is 3.68. The maximum absolute atomic E-state index is 12.6. The molecule has 1 saturated carbocycles. The van der Waals surface area contributed by atoms with Crippen LogP contribution in [0.2, 0.25) is 0 Å². The number of urea groups is 1. The number of amides is 2. The predicted octanol–water partition coefficient (Wildman–Crippen LogP) is 1.68. The van der Waals surface area contributed by atoms with Gasteiger partial charge in [0.2, 0.25) is 0 Å². The Kier molecular flexibility index (Phi) is 5.14. The predicted molar refractivity (Wildman–Crippen MR) is 94.3 cm³/mol. The number of hydrazine groups is 1. The van der Waals surface area contributed by atoms with E-state index in [2.05, 4.69) is 20.7 Å². The molecule has 2 aliphatic rings. The molecule has 25 heavy (non-hydrogen) atoms. The highest BCUT2D eigenvalue weighted by atomic mass is 32.2. The van der Waals surface area contributed by atoms with E-state index >= 15 is 0 Å². The molecular formula is C16H25N5O3S. The molecule has 1 aromatic heterocycles. The summed E-state index contributed by atoms with van der Waals surface area (Å²) in [7, 11) is -4.01. The average Bonchev–Trinajstić information content (AvgIpc) is 3.11. The number of nitrogens with zero attached hydrogens (tertiary/aromatic N) is 2. The second kappa shape index (κ2) is 7.17. The van der Waals surface area contributed by atoms with Crippen molar-refractivity contribution in [3.05, 3.63) is 18.5 Å². The van der Waals surface area contributed by atoms with Crippen LogP contribution in [0.15, 0.2) is 23.4 Å². The van der Waals surface area contributed by atoms with E-state index in [1.807, 2.05) is 4.72 Å². The summed E-state index contributed by atoms with van der Waals surface area (Å²) in [6.45, 7) is 4.40. The van der Waals surface area contributed by atoms with Crippen molar-refractivity contribution in [3.63, 3.8) is 0 Å². The van der Waals surface area contributed by atoms with Crippen LogP contribution in [0.4, 0.5) is 10.5 Å². The van der Waals surface area contributed by atoms with Gasteiger partial charge in [-0.1, -0.05) is 6.42 Å². The summed E-state index contributed by atoms with van der Waals surface area (Å²) in [6, 6.07) is 1.16. The van der Waals surface area contributed by atoms with Gasteiger partial charge in [0, 0.05) is 31.0 Å². The fourth-order valence-corrected chi connectivity index (χ4v) is 4.70. The lowest BCUT2D eigenvalue weighted by Crippen LogP contribution is -2.43. The first-order valence-corrected chi connectivity index (χ1v) is 10.2. The van der Waals surface area contributed by atoms with Crippen LogP contribution in [0.25, 0.3) is 0 Å². The summed E-state index contributed by atoms with van der Waals surface area (Å²) in [5.41, 5.74) is 3.68. The second-order valence-corrected chi connectivity index (χ2v) is 8.61. The van der Waals surface area contributed by atoms with Crippen LogP contribution < -0.4 is 15.5 Å². The number of pyridine rings is 1. The number of anilines is 1. The van der Waals surface area contributed by atoms with Crippen LogP contribution in [-0.4, -0.2) is 43.1 Å². The lowest BCUT2D eigenvalue weighted by molar-refractivity contribution is 0.243. The molecule has 3 rings (SSSR count). The number of nitrogens with one attached hydrogen (secondary N) is 3.